The Labute approximate surface area is 97.9 Å². The largest absolute Gasteiger partial charge is 0.481 e. The molecule has 0 saturated heterocycles. The number of nitrogens with one attached hydrogen (secondary N) is 2. The Kier molecular flexibility index (Phi) is 3.31. The third kappa shape index (κ3) is 2.45. The van der Waals surface area contributed by atoms with E-state index in [2.05, 4.69) is 15.3 Å². The first kappa shape index (κ1) is 11.2. The van der Waals surface area contributed by atoms with Gasteiger partial charge in [-0.1, -0.05) is 0 Å². The fourth-order valence-electron chi connectivity index (χ4n) is 1.95. The molecule has 0 aromatic carbocycles. The Morgan fingerprint density at radius 3 is 2.94 bits per heavy atom. The highest BCUT2D eigenvalue weighted by atomic mass is 32.1. The molecular formula is C10H13N3O2S. The van der Waals surface area contributed by atoms with Crippen LogP contribution in [-0.2, 0) is 24.1 Å². The maximum atomic E-state index is 10.8. The van der Waals surface area contributed by atoms with Gasteiger partial charge in [-0.2, -0.15) is 0 Å². The molecule has 0 spiro atoms. The van der Waals surface area contributed by atoms with E-state index < -0.39 is 5.97 Å². The predicted octanol–water partition coefficient (Wildman–Crippen LogP) is 0.454. The van der Waals surface area contributed by atoms with Gasteiger partial charge >= 0.3 is 5.97 Å². The number of hydrogen-bond donors (Lipinski definition) is 3. The van der Waals surface area contributed by atoms with Crippen molar-refractivity contribution in [3.63, 3.8) is 0 Å². The van der Waals surface area contributed by atoms with E-state index >= 15 is 0 Å². The van der Waals surface area contributed by atoms with Gasteiger partial charge in [0.05, 0.1) is 12.1 Å². The number of carboxylic acid groups (broad SMARTS) is 1. The minimum atomic E-state index is -0.868. The molecule has 1 aromatic heterocycles. The molecule has 6 heteroatoms. The molecule has 0 bridgehead atoms. The van der Waals surface area contributed by atoms with Crippen LogP contribution in [0.15, 0.2) is 0 Å². The minimum absolute atomic E-state index is 0.0549. The van der Waals surface area contributed by atoms with Crippen molar-refractivity contribution in [2.75, 3.05) is 13.1 Å². The highest BCUT2D eigenvalue weighted by molar-refractivity contribution is 7.71. The molecule has 0 radical (unpaired) electrons. The molecule has 16 heavy (non-hydrogen) atoms. The molecular weight excluding hydrogens is 226 g/mol. The first-order chi connectivity index (χ1) is 7.66. The zero-order valence-corrected chi connectivity index (χ0v) is 9.56. The second-order valence-corrected chi connectivity index (χ2v) is 4.15. The Bertz CT molecular complexity index is 470. The van der Waals surface area contributed by atoms with Gasteiger partial charge in [0.1, 0.15) is 0 Å². The summed E-state index contributed by atoms with van der Waals surface area (Å²) in [6.07, 6.45) is 1.59. The lowest BCUT2D eigenvalue weighted by atomic mass is 10.1. The van der Waals surface area contributed by atoms with Crippen molar-refractivity contribution in [3.8, 4) is 0 Å². The van der Waals surface area contributed by atoms with Crippen molar-refractivity contribution in [1.29, 1.82) is 0 Å². The predicted molar refractivity (Wildman–Crippen MR) is 61.0 cm³/mol. The second kappa shape index (κ2) is 4.71. The number of carbonyl (C=O) groups is 1. The summed E-state index contributed by atoms with van der Waals surface area (Å²) in [6.45, 7) is 1.74. The van der Waals surface area contributed by atoms with Crippen LogP contribution in [0.2, 0.25) is 0 Å². The van der Waals surface area contributed by atoms with E-state index in [4.69, 9.17) is 17.3 Å². The van der Waals surface area contributed by atoms with E-state index in [1.807, 2.05) is 0 Å². The molecule has 1 aromatic rings. The van der Waals surface area contributed by atoms with E-state index in [0.717, 1.165) is 37.2 Å². The molecule has 86 valence electrons. The number of carboxylic acids is 1. The number of aromatic amines is 1. The highest BCUT2D eigenvalue weighted by Gasteiger charge is 2.15. The van der Waals surface area contributed by atoms with Crippen molar-refractivity contribution in [1.82, 2.24) is 15.3 Å². The number of rotatable bonds is 2. The second-order valence-electron chi connectivity index (χ2n) is 3.77. The van der Waals surface area contributed by atoms with Crippen molar-refractivity contribution in [3.05, 3.63) is 21.7 Å². The summed E-state index contributed by atoms with van der Waals surface area (Å²) < 4.78 is 0.372. The fourth-order valence-corrected chi connectivity index (χ4v) is 2.18. The van der Waals surface area contributed by atoms with Gasteiger partial charge < -0.3 is 15.4 Å². The number of aromatic nitrogens is 2. The van der Waals surface area contributed by atoms with Gasteiger partial charge in [-0.15, -0.1) is 0 Å². The molecule has 2 heterocycles. The van der Waals surface area contributed by atoms with Crippen LogP contribution in [0.1, 0.15) is 17.0 Å². The molecule has 0 saturated carbocycles. The van der Waals surface area contributed by atoms with Crippen LogP contribution < -0.4 is 5.32 Å². The molecule has 0 aliphatic carbocycles. The zero-order chi connectivity index (χ0) is 11.5. The molecule has 2 rings (SSSR count). The van der Waals surface area contributed by atoms with Gasteiger partial charge in [-0.05, 0) is 30.7 Å². The molecule has 3 N–H and O–H groups in total. The van der Waals surface area contributed by atoms with Crippen LogP contribution in [0.3, 0.4) is 0 Å². The van der Waals surface area contributed by atoms with Crippen LogP contribution >= 0.6 is 12.2 Å². The molecule has 1 aliphatic rings. The summed E-state index contributed by atoms with van der Waals surface area (Å²) in [6, 6.07) is 0. The van der Waals surface area contributed by atoms with Crippen molar-refractivity contribution in [2.24, 2.45) is 0 Å². The smallest absolute Gasteiger partial charge is 0.309 e. The monoisotopic (exact) mass is 239 g/mol. The highest BCUT2D eigenvalue weighted by Crippen LogP contribution is 2.14. The SMILES string of the molecule is O=C(O)Cc1nc(=S)[nH]c2c1CCNCC2. The average molecular weight is 239 g/mol. The summed E-state index contributed by atoms with van der Waals surface area (Å²) in [5.41, 5.74) is 2.65. The lowest BCUT2D eigenvalue weighted by molar-refractivity contribution is -0.136. The topological polar surface area (TPSA) is 78.0 Å². The summed E-state index contributed by atoms with van der Waals surface area (Å²) >= 11 is 5.00. The third-order valence-corrected chi connectivity index (χ3v) is 2.82. The number of fused-ring (bicyclic) bond motifs is 1. The van der Waals surface area contributed by atoms with E-state index in [9.17, 15) is 4.79 Å². The maximum absolute atomic E-state index is 10.8. The minimum Gasteiger partial charge on any atom is -0.481 e. The van der Waals surface area contributed by atoms with Crippen LogP contribution in [-0.4, -0.2) is 34.1 Å². The summed E-state index contributed by atoms with van der Waals surface area (Å²) in [5, 5.41) is 12.1. The summed E-state index contributed by atoms with van der Waals surface area (Å²) in [5.74, 6) is -0.868. The van der Waals surface area contributed by atoms with Crippen molar-refractivity contribution < 1.29 is 9.90 Å². The third-order valence-electron chi connectivity index (χ3n) is 2.63. The Hall–Kier alpha value is -1.27. The summed E-state index contributed by atoms with van der Waals surface area (Å²) in [4.78, 5) is 17.9. The van der Waals surface area contributed by atoms with Gasteiger partial charge in [0, 0.05) is 18.7 Å². The van der Waals surface area contributed by atoms with Gasteiger partial charge in [-0.25, -0.2) is 4.98 Å². The first-order valence-electron chi connectivity index (χ1n) is 5.20. The van der Waals surface area contributed by atoms with Crippen LogP contribution in [0.25, 0.3) is 0 Å². The Balaban J connectivity index is 2.46. The number of aliphatic carboxylic acids is 1. The van der Waals surface area contributed by atoms with Gasteiger partial charge in [0.25, 0.3) is 0 Å². The normalized spacial score (nSPS) is 15.2. The first-order valence-corrected chi connectivity index (χ1v) is 5.61. The zero-order valence-electron chi connectivity index (χ0n) is 8.75. The van der Waals surface area contributed by atoms with Crippen molar-refractivity contribution in [2.45, 2.75) is 19.3 Å². The average Bonchev–Trinajstić information content (AvgIpc) is 2.41. The summed E-state index contributed by atoms with van der Waals surface area (Å²) in [7, 11) is 0. The van der Waals surface area contributed by atoms with Crippen LogP contribution in [0.5, 0.6) is 0 Å². The number of nitrogens with zero attached hydrogens (tertiary/aromatic N) is 1. The molecule has 0 atom stereocenters. The standard InChI is InChI=1S/C10H13N3O2S/c14-9(15)5-8-6-1-3-11-4-2-7(6)12-10(16)13-8/h11H,1-5H2,(H,14,15)(H,12,13,16). The molecule has 0 amide bonds. The van der Waals surface area contributed by atoms with Gasteiger partial charge in [0.15, 0.2) is 4.77 Å². The van der Waals surface area contributed by atoms with E-state index in [1.165, 1.54) is 0 Å². The molecule has 1 aliphatic heterocycles. The maximum Gasteiger partial charge on any atom is 0.309 e. The lowest BCUT2D eigenvalue weighted by Crippen LogP contribution is -2.16. The molecule has 0 fully saturated rings. The number of H-pyrrole nitrogens is 1. The van der Waals surface area contributed by atoms with Crippen LogP contribution in [0, 0.1) is 4.77 Å². The van der Waals surface area contributed by atoms with E-state index in [0.29, 0.717) is 10.5 Å². The fraction of sp³-hybridized carbons (Fsp3) is 0.500. The van der Waals surface area contributed by atoms with Gasteiger partial charge in [-0.3, -0.25) is 4.79 Å². The molecule has 0 unspecified atom stereocenters. The van der Waals surface area contributed by atoms with E-state index in [-0.39, 0.29) is 6.42 Å². The van der Waals surface area contributed by atoms with Crippen LogP contribution in [0.4, 0.5) is 0 Å². The lowest BCUT2D eigenvalue weighted by Gasteiger charge is -2.09. The quantitative estimate of drug-likeness (QED) is 0.653. The Morgan fingerprint density at radius 2 is 2.19 bits per heavy atom. The van der Waals surface area contributed by atoms with Crippen molar-refractivity contribution >= 4 is 18.2 Å². The Morgan fingerprint density at radius 1 is 1.44 bits per heavy atom. The molecule has 5 nitrogen and oxygen atoms in total. The number of hydrogen-bond acceptors (Lipinski definition) is 4. The van der Waals surface area contributed by atoms with Gasteiger partial charge in [0.2, 0.25) is 0 Å². The van der Waals surface area contributed by atoms with E-state index in [1.54, 1.807) is 0 Å².